The lowest BCUT2D eigenvalue weighted by molar-refractivity contribution is 0.102. The second kappa shape index (κ2) is 5.06. The van der Waals surface area contributed by atoms with Gasteiger partial charge in [0.25, 0.3) is 5.91 Å². The molecular formula is C14H13FN2O2. The Balaban J connectivity index is 2.25. The number of H-pyrrole nitrogens is 1. The molecule has 0 bridgehead atoms. The second-order valence-electron chi connectivity index (χ2n) is 4.31. The summed E-state index contributed by atoms with van der Waals surface area (Å²) in [4.78, 5) is 26.3. The van der Waals surface area contributed by atoms with E-state index >= 15 is 0 Å². The van der Waals surface area contributed by atoms with Gasteiger partial charge < -0.3 is 10.3 Å². The van der Waals surface area contributed by atoms with Gasteiger partial charge in [-0.15, -0.1) is 0 Å². The Bertz CT molecular complexity index is 692. The number of amides is 1. The fourth-order valence-corrected chi connectivity index (χ4v) is 1.62. The third-order valence-electron chi connectivity index (χ3n) is 2.73. The van der Waals surface area contributed by atoms with Crippen LogP contribution in [0.25, 0.3) is 0 Å². The molecule has 0 atom stereocenters. The number of nitrogens with one attached hydrogen (secondary N) is 2. The third kappa shape index (κ3) is 2.88. The summed E-state index contributed by atoms with van der Waals surface area (Å²) in [6.07, 6.45) is 1.34. The Morgan fingerprint density at radius 2 is 2.00 bits per heavy atom. The minimum atomic E-state index is -0.565. The van der Waals surface area contributed by atoms with Crippen molar-refractivity contribution >= 4 is 11.6 Å². The predicted octanol–water partition coefficient (Wildman–Crippen LogP) is 2.38. The van der Waals surface area contributed by atoms with E-state index in [9.17, 15) is 14.0 Å². The lowest BCUT2D eigenvalue weighted by Crippen LogP contribution is -2.21. The Morgan fingerprint density at radius 3 is 2.63 bits per heavy atom. The first-order valence-corrected chi connectivity index (χ1v) is 5.74. The lowest BCUT2D eigenvalue weighted by atomic mass is 10.2. The highest BCUT2D eigenvalue weighted by Crippen LogP contribution is 2.14. The summed E-state index contributed by atoms with van der Waals surface area (Å²) in [7, 11) is 0. The van der Waals surface area contributed by atoms with Crippen molar-refractivity contribution in [3.05, 3.63) is 63.3 Å². The molecule has 1 aromatic carbocycles. The van der Waals surface area contributed by atoms with Crippen LogP contribution in [0.1, 0.15) is 21.6 Å². The monoisotopic (exact) mass is 260 g/mol. The van der Waals surface area contributed by atoms with Crippen LogP contribution in [0.3, 0.4) is 0 Å². The zero-order chi connectivity index (χ0) is 14.0. The van der Waals surface area contributed by atoms with Gasteiger partial charge in [0.1, 0.15) is 11.4 Å². The summed E-state index contributed by atoms with van der Waals surface area (Å²) in [5, 5.41) is 2.49. The molecule has 4 nitrogen and oxygen atoms in total. The van der Waals surface area contributed by atoms with Crippen molar-refractivity contribution in [1.82, 2.24) is 4.98 Å². The van der Waals surface area contributed by atoms with Gasteiger partial charge >= 0.3 is 0 Å². The summed E-state index contributed by atoms with van der Waals surface area (Å²) < 4.78 is 13.3. The van der Waals surface area contributed by atoms with Crippen molar-refractivity contribution in [2.75, 3.05) is 5.32 Å². The summed E-state index contributed by atoms with van der Waals surface area (Å²) in [5.74, 6) is -0.972. The van der Waals surface area contributed by atoms with Crippen molar-refractivity contribution in [3.63, 3.8) is 0 Å². The molecule has 1 heterocycles. The van der Waals surface area contributed by atoms with Crippen LogP contribution in [0.15, 0.2) is 35.3 Å². The maximum absolute atomic E-state index is 13.3. The smallest absolute Gasteiger partial charge is 0.261 e. The Morgan fingerprint density at radius 1 is 1.26 bits per heavy atom. The largest absolute Gasteiger partial charge is 0.364 e. The molecule has 0 aliphatic carbocycles. The number of hydrogen-bond acceptors (Lipinski definition) is 2. The first-order chi connectivity index (χ1) is 8.97. The first-order valence-electron chi connectivity index (χ1n) is 5.74. The number of aryl methyl sites for hydroxylation is 2. The predicted molar refractivity (Wildman–Crippen MR) is 70.9 cm³/mol. The number of aromatic amines is 1. The second-order valence-corrected chi connectivity index (χ2v) is 4.31. The summed E-state index contributed by atoms with van der Waals surface area (Å²) in [6.45, 7) is 3.35. The number of carbonyl (C=O) groups excluding carboxylic acids is 1. The van der Waals surface area contributed by atoms with Crippen LogP contribution in [0.5, 0.6) is 0 Å². The van der Waals surface area contributed by atoms with Gasteiger partial charge in [-0.05, 0) is 31.5 Å². The topological polar surface area (TPSA) is 62.0 Å². The standard InChI is InChI=1S/C14H13FN2O2/c1-8-3-4-10(6-12(8)15)17-14(19)11-7-16-9(2)5-13(11)18/h3-7H,1-2H3,(H,16,18)(H,17,19). The molecule has 98 valence electrons. The van der Waals surface area contributed by atoms with Gasteiger partial charge in [0, 0.05) is 23.6 Å². The van der Waals surface area contributed by atoms with E-state index in [0.717, 1.165) is 0 Å². The average molecular weight is 260 g/mol. The number of pyridine rings is 1. The molecule has 2 aromatic rings. The van der Waals surface area contributed by atoms with Crippen LogP contribution in [-0.2, 0) is 0 Å². The lowest BCUT2D eigenvalue weighted by Gasteiger charge is -2.06. The number of benzene rings is 1. The molecule has 0 spiro atoms. The highest BCUT2D eigenvalue weighted by molar-refractivity contribution is 6.03. The normalized spacial score (nSPS) is 10.3. The van der Waals surface area contributed by atoms with Crippen LogP contribution < -0.4 is 10.7 Å². The van der Waals surface area contributed by atoms with E-state index in [1.165, 1.54) is 18.3 Å². The molecule has 1 amide bonds. The zero-order valence-corrected chi connectivity index (χ0v) is 10.6. The molecule has 0 unspecified atom stereocenters. The molecule has 2 N–H and O–H groups in total. The molecule has 19 heavy (non-hydrogen) atoms. The zero-order valence-electron chi connectivity index (χ0n) is 10.6. The van der Waals surface area contributed by atoms with Gasteiger partial charge in [-0.2, -0.15) is 0 Å². The quantitative estimate of drug-likeness (QED) is 0.870. The number of anilines is 1. The maximum Gasteiger partial charge on any atom is 0.261 e. The molecule has 5 heteroatoms. The molecule has 2 rings (SSSR count). The number of carbonyl (C=O) groups is 1. The molecule has 0 aliphatic heterocycles. The molecule has 0 radical (unpaired) electrons. The van der Waals surface area contributed by atoms with Crippen LogP contribution in [0.2, 0.25) is 0 Å². The van der Waals surface area contributed by atoms with E-state index in [1.54, 1.807) is 26.0 Å². The fraction of sp³-hybridized carbons (Fsp3) is 0.143. The number of rotatable bonds is 2. The molecule has 0 fully saturated rings. The number of halogens is 1. The van der Waals surface area contributed by atoms with Gasteiger partial charge in [-0.3, -0.25) is 9.59 Å². The van der Waals surface area contributed by atoms with Crippen molar-refractivity contribution in [1.29, 1.82) is 0 Å². The van der Waals surface area contributed by atoms with E-state index in [2.05, 4.69) is 10.3 Å². The molecule has 0 aliphatic rings. The van der Waals surface area contributed by atoms with Crippen LogP contribution in [-0.4, -0.2) is 10.9 Å². The van der Waals surface area contributed by atoms with Gasteiger partial charge in [-0.25, -0.2) is 4.39 Å². The van der Waals surface area contributed by atoms with Crippen LogP contribution >= 0.6 is 0 Å². The number of hydrogen-bond donors (Lipinski definition) is 2. The highest BCUT2D eigenvalue weighted by Gasteiger charge is 2.11. The Labute approximate surface area is 109 Å². The van der Waals surface area contributed by atoms with Crippen molar-refractivity contribution in [2.45, 2.75) is 13.8 Å². The van der Waals surface area contributed by atoms with E-state index in [4.69, 9.17) is 0 Å². The summed E-state index contributed by atoms with van der Waals surface area (Å²) in [5.41, 5.74) is 1.09. The van der Waals surface area contributed by atoms with Gasteiger partial charge in [0.05, 0.1) is 0 Å². The van der Waals surface area contributed by atoms with Crippen LogP contribution in [0, 0.1) is 19.7 Å². The highest BCUT2D eigenvalue weighted by atomic mass is 19.1. The molecular weight excluding hydrogens is 247 g/mol. The van der Waals surface area contributed by atoms with Gasteiger partial charge in [-0.1, -0.05) is 6.07 Å². The van der Waals surface area contributed by atoms with E-state index in [-0.39, 0.29) is 11.0 Å². The average Bonchev–Trinajstić information content (AvgIpc) is 2.33. The first kappa shape index (κ1) is 13.0. The minimum Gasteiger partial charge on any atom is -0.364 e. The van der Waals surface area contributed by atoms with E-state index < -0.39 is 11.7 Å². The van der Waals surface area contributed by atoms with Gasteiger partial charge in [0.15, 0.2) is 5.43 Å². The minimum absolute atomic E-state index is 0.00779. The molecule has 0 saturated carbocycles. The van der Waals surface area contributed by atoms with Crippen LogP contribution in [0.4, 0.5) is 10.1 Å². The number of aromatic nitrogens is 1. The van der Waals surface area contributed by atoms with Crippen molar-refractivity contribution < 1.29 is 9.18 Å². The molecule has 1 aromatic heterocycles. The van der Waals surface area contributed by atoms with Crippen molar-refractivity contribution in [2.24, 2.45) is 0 Å². The van der Waals surface area contributed by atoms with E-state index in [0.29, 0.717) is 16.9 Å². The van der Waals surface area contributed by atoms with Gasteiger partial charge in [0.2, 0.25) is 0 Å². The maximum atomic E-state index is 13.3. The molecule has 0 saturated heterocycles. The summed E-state index contributed by atoms with van der Waals surface area (Å²) in [6, 6.07) is 5.70. The SMILES string of the molecule is Cc1cc(=O)c(C(=O)Nc2ccc(C)c(F)c2)c[nH]1. The van der Waals surface area contributed by atoms with Crippen molar-refractivity contribution in [3.8, 4) is 0 Å². The van der Waals surface area contributed by atoms with E-state index in [1.807, 2.05) is 0 Å². The Kier molecular flexibility index (Phi) is 3.46. The fourth-order valence-electron chi connectivity index (χ4n) is 1.62. The summed E-state index contributed by atoms with van der Waals surface area (Å²) >= 11 is 0. The Hall–Kier alpha value is -2.43. The third-order valence-corrected chi connectivity index (χ3v) is 2.73.